The number of phenolic OH excluding ortho intramolecular Hbond substituents is 1. The van der Waals surface area contributed by atoms with Gasteiger partial charge in [0.2, 0.25) is 0 Å². The highest BCUT2D eigenvalue weighted by atomic mass is 16.5. The van der Waals surface area contributed by atoms with Gasteiger partial charge in [0.1, 0.15) is 17.2 Å². The number of rotatable bonds is 3. The summed E-state index contributed by atoms with van der Waals surface area (Å²) in [4.78, 5) is 0. The fourth-order valence-electron chi connectivity index (χ4n) is 4.12. The van der Waals surface area contributed by atoms with Gasteiger partial charge in [-0.2, -0.15) is 0 Å². The first-order valence-electron chi connectivity index (χ1n) is 9.68. The number of hydrogen-bond donors (Lipinski definition) is 2. The van der Waals surface area contributed by atoms with Crippen molar-refractivity contribution in [1.29, 1.82) is 0 Å². The summed E-state index contributed by atoms with van der Waals surface area (Å²) in [5, 5.41) is 9.96. The number of fused-ring (bicyclic) bond motifs is 3. The number of phenols is 1. The highest BCUT2D eigenvalue weighted by Crippen LogP contribution is 2.46. The van der Waals surface area contributed by atoms with E-state index in [1.807, 2.05) is 13.0 Å². The van der Waals surface area contributed by atoms with Crippen molar-refractivity contribution < 1.29 is 9.84 Å². The van der Waals surface area contributed by atoms with Crippen molar-refractivity contribution >= 4 is 5.69 Å². The van der Waals surface area contributed by atoms with Gasteiger partial charge in [0, 0.05) is 11.6 Å². The van der Waals surface area contributed by atoms with E-state index in [4.69, 9.17) is 10.5 Å². The third kappa shape index (κ3) is 2.92. The van der Waals surface area contributed by atoms with Gasteiger partial charge in [-0.25, -0.2) is 0 Å². The molecule has 0 fully saturated rings. The number of para-hydroxylation sites is 1. The molecule has 1 aliphatic rings. The lowest BCUT2D eigenvalue weighted by Crippen LogP contribution is -1.94. The van der Waals surface area contributed by atoms with Crippen LogP contribution in [0.1, 0.15) is 16.7 Å². The zero-order valence-electron chi connectivity index (χ0n) is 16.1. The van der Waals surface area contributed by atoms with Crippen LogP contribution in [0.3, 0.4) is 0 Å². The number of anilines is 1. The molecule has 0 amide bonds. The van der Waals surface area contributed by atoms with E-state index in [9.17, 15) is 5.11 Å². The van der Waals surface area contributed by atoms with E-state index >= 15 is 0 Å². The maximum Gasteiger partial charge on any atom is 0.142 e. The maximum atomic E-state index is 9.96. The van der Waals surface area contributed by atoms with Crippen molar-refractivity contribution in [3.8, 4) is 39.5 Å². The lowest BCUT2D eigenvalue weighted by atomic mass is 9.92. The molecule has 0 saturated carbocycles. The molecule has 0 unspecified atom stereocenters. The normalized spacial score (nSPS) is 11.8. The van der Waals surface area contributed by atoms with Crippen LogP contribution in [0.15, 0.2) is 78.9 Å². The molecule has 0 radical (unpaired) electrons. The van der Waals surface area contributed by atoms with E-state index in [1.54, 1.807) is 18.2 Å². The van der Waals surface area contributed by atoms with E-state index < -0.39 is 0 Å². The molecular weight excluding hydrogens is 358 g/mol. The van der Waals surface area contributed by atoms with E-state index in [2.05, 4.69) is 54.6 Å². The van der Waals surface area contributed by atoms with Crippen LogP contribution in [0, 0.1) is 6.92 Å². The monoisotopic (exact) mass is 379 g/mol. The van der Waals surface area contributed by atoms with Gasteiger partial charge in [0.05, 0.1) is 5.69 Å². The number of ether oxygens (including phenoxy) is 1. The summed E-state index contributed by atoms with van der Waals surface area (Å²) in [6.45, 7) is 2.03. The first-order valence-corrected chi connectivity index (χ1v) is 9.68. The Balaban J connectivity index is 1.67. The summed E-state index contributed by atoms with van der Waals surface area (Å²) in [6, 6.07) is 26.2. The molecule has 3 nitrogen and oxygen atoms in total. The van der Waals surface area contributed by atoms with Gasteiger partial charge in [0.15, 0.2) is 0 Å². The first-order chi connectivity index (χ1) is 14.1. The average Bonchev–Trinajstić information content (AvgIpc) is 3.11. The Bertz CT molecular complexity index is 1240. The number of nitrogen functional groups attached to an aromatic ring is 1. The van der Waals surface area contributed by atoms with Crippen LogP contribution >= 0.6 is 0 Å². The molecular formula is C26H21NO2. The standard InChI is InChI=1S/C26H21NO2/c1-16-6-4-11-22(26(16)29-19-12-13-23(27)24(28)15-19)21-10-5-8-18-14-17-7-2-3-9-20(17)25(18)21/h2-13,15,28H,14,27H2,1H3. The fraction of sp³-hybridized carbons (Fsp3) is 0.0769. The smallest absolute Gasteiger partial charge is 0.142 e. The molecule has 0 saturated heterocycles. The van der Waals surface area contributed by atoms with Crippen LogP contribution in [0.5, 0.6) is 17.2 Å². The second-order valence-electron chi connectivity index (χ2n) is 7.45. The van der Waals surface area contributed by atoms with Gasteiger partial charge in [-0.3, -0.25) is 0 Å². The van der Waals surface area contributed by atoms with Crippen molar-refractivity contribution in [2.75, 3.05) is 5.73 Å². The predicted octanol–water partition coefficient (Wildman–Crippen LogP) is 6.31. The van der Waals surface area contributed by atoms with Crippen LogP contribution in [-0.4, -0.2) is 5.11 Å². The van der Waals surface area contributed by atoms with Crippen LogP contribution in [0.2, 0.25) is 0 Å². The number of aromatic hydroxyl groups is 1. The molecule has 142 valence electrons. The number of nitrogens with two attached hydrogens (primary N) is 1. The van der Waals surface area contributed by atoms with Gasteiger partial charge in [-0.1, -0.05) is 60.7 Å². The Morgan fingerprint density at radius 2 is 1.52 bits per heavy atom. The molecule has 3 heteroatoms. The van der Waals surface area contributed by atoms with Gasteiger partial charge < -0.3 is 15.6 Å². The number of benzene rings is 4. The molecule has 0 aromatic heterocycles. The second kappa shape index (κ2) is 6.71. The summed E-state index contributed by atoms with van der Waals surface area (Å²) in [6.07, 6.45) is 0.952. The van der Waals surface area contributed by atoms with Gasteiger partial charge in [0.25, 0.3) is 0 Å². The van der Waals surface area contributed by atoms with Crippen LogP contribution in [0.25, 0.3) is 22.3 Å². The van der Waals surface area contributed by atoms with E-state index in [0.717, 1.165) is 28.9 Å². The van der Waals surface area contributed by atoms with Crippen molar-refractivity contribution in [3.63, 3.8) is 0 Å². The maximum absolute atomic E-state index is 9.96. The minimum Gasteiger partial charge on any atom is -0.506 e. The van der Waals surface area contributed by atoms with Gasteiger partial charge in [-0.15, -0.1) is 0 Å². The largest absolute Gasteiger partial charge is 0.506 e. The summed E-state index contributed by atoms with van der Waals surface area (Å²) in [7, 11) is 0. The predicted molar refractivity (Wildman–Crippen MR) is 117 cm³/mol. The summed E-state index contributed by atoms with van der Waals surface area (Å²) >= 11 is 0. The van der Waals surface area contributed by atoms with Crippen molar-refractivity contribution in [2.45, 2.75) is 13.3 Å². The zero-order valence-corrected chi connectivity index (χ0v) is 16.1. The Morgan fingerprint density at radius 3 is 2.38 bits per heavy atom. The lowest BCUT2D eigenvalue weighted by molar-refractivity contribution is 0.456. The molecule has 0 spiro atoms. The average molecular weight is 379 g/mol. The Hall–Kier alpha value is -3.72. The Kier molecular flexibility index (Phi) is 4.02. The third-order valence-corrected chi connectivity index (χ3v) is 5.54. The minimum absolute atomic E-state index is 0.0205. The molecule has 0 atom stereocenters. The van der Waals surface area contributed by atoms with E-state index in [-0.39, 0.29) is 5.75 Å². The van der Waals surface area contributed by atoms with Crippen molar-refractivity contribution in [3.05, 3.63) is 95.6 Å². The molecule has 3 N–H and O–H groups in total. The topological polar surface area (TPSA) is 55.5 Å². The zero-order chi connectivity index (χ0) is 20.0. The van der Waals surface area contributed by atoms with Crippen molar-refractivity contribution in [1.82, 2.24) is 0 Å². The highest BCUT2D eigenvalue weighted by Gasteiger charge is 2.23. The third-order valence-electron chi connectivity index (χ3n) is 5.54. The van der Waals surface area contributed by atoms with Crippen molar-refractivity contribution in [2.24, 2.45) is 0 Å². The quantitative estimate of drug-likeness (QED) is 0.285. The number of aryl methyl sites for hydroxylation is 1. The molecule has 29 heavy (non-hydrogen) atoms. The Morgan fingerprint density at radius 1 is 0.793 bits per heavy atom. The Labute approximate surface area is 170 Å². The second-order valence-corrected chi connectivity index (χ2v) is 7.45. The molecule has 0 heterocycles. The summed E-state index contributed by atoms with van der Waals surface area (Å²) in [5.41, 5.74) is 14.5. The SMILES string of the molecule is Cc1cccc(-c2cccc3c2-c2ccccc2C3)c1Oc1ccc(N)c(O)c1. The molecule has 0 aliphatic heterocycles. The molecule has 1 aliphatic carbocycles. The van der Waals surface area contributed by atoms with Gasteiger partial charge in [-0.05, 0) is 58.9 Å². The van der Waals surface area contributed by atoms with Crippen LogP contribution in [0.4, 0.5) is 5.69 Å². The van der Waals surface area contributed by atoms with E-state index in [1.165, 1.54) is 22.3 Å². The lowest BCUT2D eigenvalue weighted by Gasteiger charge is -2.17. The summed E-state index contributed by atoms with van der Waals surface area (Å²) in [5.74, 6) is 1.36. The number of hydrogen-bond acceptors (Lipinski definition) is 3. The molecule has 4 aromatic carbocycles. The van der Waals surface area contributed by atoms with Gasteiger partial charge >= 0.3 is 0 Å². The van der Waals surface area contributed by atoms with Crippen LogP contribution in [-0.2, 0) is 6.42 Å². The molecule has 4 aromatic rings. The van der Waals surface area contributed by atoms with E-state index in [0.29, 0.717) is 11.4 Å². The van der Waals surface area contributed by atoms with Crippen LogP contribution < -0.4 is 10.5 Å². The summed E-state index contributed by atoms with van der Waals surface area (Å²) < 4.78 is 6.26. The molecule has 5 rings (SSSR count). The fourth-order valence-corrected chi connectivity index (χ4v) is 4.12. The first kappa shape index (κ1) is 17.4. The molecule has 0 bridgehead atoms. The minimum atomic E-state index is 0.0205. The highest BCUT2D eigenvalue weighted by molar-refractivity contribution is 5.92.